The SMILES string of the molecule is O=C1N=NC(Cc2cccc(NC(=O)c3c[nH]c4ccccc34)c2)C2=C1CCCC2. The quantitative estimate of drug-likeness (QED) is 0.633. The number of H-pyrrole nitrogens is 1. The number of para-hydroxylation sites is 1. The number of aromatic nitrogens is 1. The number of benzene rings is 2. The van der Waals surface area contributed by atoms with Crippen molar-refractivity contribution in [3.63, 3.8) is 0 Å². The standard InChI is InChI=1S/C24H22N4O2/c29-23(20-14-25-21-11-4-3-9-18(20)21)26-16-7-5-6-15(12-16)13-22-17-8-1-2-10-19(17)24(30)28-27-22/h3-7,9,11-12,14,22,25H,1-2,8,10,13H2,(H,26,29). The first kappa shape index (κ1) is 18.5. The molecule has 0 saturated heterocycles. The number of fused-ring (bicyclic) bond motifs is 1. The number of amides is 2. The third-order valence-electron chi connectivity index (χ3n) is 5.91. The molecule has 6 nitrogen and oxygen atoms in total. The smallest absolute Gasteiger partial charge is 0.291 e. The fourth-order valence-electron chi connectivity index (χ4n) is 4.41. The Labute approximate surface area is 174 Å². The Morgan fingerprint density at radius 2 is 1.97 bits per heavy atom. The molecular weight excluding hydrogens is 376 g/mol. The van der Waals surface area contributed by atoms with Crippen LogP contribution in [0.4, 0.5) is 5.69 Å². The molecule has 0 saturated carbocycles. The topological polar surface area (TPSA) is 86.7 Å². The predicted octanol–water partition coefficient (Wildman–Crippen LogP) is 5.19. The molecule has 5 rings (SSSR count). The fourth-order valence-corrected chi connectivity index (χ4v) is 4.41. The molecular formula is C24H22N4O2. The van der Waals surface area contributed by atoms with Gasteiger partial charge in [0.2, 0.25) is 0 Å². The molecule has 6 heteroatoms. The molecule has 0 fully saturated rings. The second-order valence-corrected chi connectivity index (χ2v) is 7.85. The third-order valence-corrected chi connectivity index (χ3v) is 5.91. The molecule has 0 radical (unpaired) electrons. The molecule has 1 aromatic heterocycles. The monoisotopic (exact) mass is 398 g/mol. The maximum atomic E-state index is 12.8. The number of aromatic amines is 1. The van der Waals surface area contributed by atoms with Crippen LogP contribution in [0.2, 0.25) is 0 Å². The molecule has 2 aliphatic rings. The molecule has 2 aromatic carbocycles. The van der Waals surface area contributed by atoms with E-state index < -0.39 is 0 Å². The van der Waals surface area contributed by atoms with Crippen molar-refractivity contribution in [1.29, 1.82) is 0 Å². The average Bonchev–Trinajstić information content (AvgIpc) is 3.21. The maximum absolute atomic E-state index is 12.8. The van der Waals surface area contributed by atoms with Gasteiger partial charge in [0.05, 0.1) is 11.6 Å². The van der Waals surface area contributed by atoms with Crippen LogP contribution >= 0.6 is 0 Å². The van der Waals surface area contributed by atoms with Crippen LogP contribution in [0, 0.1) is 0 Å². The number of hydrogen-bond donors (Lipinski definition) is 2. The summed E-state index contributed by atoms with van der Waals surface area (Å²) in [5.41, 5.74) is 5.36. The van der Waals surface area contributed by atoms with Crippen molar-refractivity contribution >= 4 is 28.4 Å². The van der Waals surface area contributed by atoms with E-state index in [4.69, 9.17) is 0 Å². The highest BCUT2D eigenvalue weighted by molar-refractivity contribution is 6.12. The number of hydrogen-bond acceptors (Lipinski definition) is 3. The first-order valence-electron chi connectivity index (χ1n) is 10.3. The van der Waals surface area contributed by atoms with Crippen molar-refractivity contribution in [2.24, 2.45) is 10.2 Å². The van der Waals surface area contributed by atoms with Crippen LogP contribution in [0.3, 0.4) is 0 Å². The highest BCUT2D eigenvalue weighted by Gasteiger charge is 2.28. The van der Waals surface area contributed by atoms with Crippen molar-refractivity contribution in [3.05, 3.63) is 77.0 Å². The Morgan fingerprint density at radius 1 is 1.10 bits per heavy atom. The zero-order valence-corrected chi connectivity index (χ0v) is 16.5. The van der Waals surface area contributed by atoms with Crippen LogP contribution in [0.15, 0.2) is 76.1 Å². The largest absolute Gasteiger partial charge is 0.360 e. The first-order valence-corrected chi connectivity index (χ1v) is 10.3. The average molecular weight is 398 g/mol. The lowest BCUT2D eigenvalue weighted by atomic mass is 9.84. The summed E-state index contributed by atoms with van der Waals surface area (Å²) in [5.74, 6) is -0.314. The number of carbonyl (C=O) groups excluding carboxylic acids is 2. The number of rotatable bonds is 4. The number of nitrogens with zero attached hydrogens (tertiary/aromatic N) is 2. The molecule has 2 amide bonds. The maximum Gasteiger partial charge on any atom is 0.291 e. The van der Waals surface area contributed by atoms with Crippen LogP contribution in [0.25, 0.3) is 10.9 Å². The van der Waals surface area contributed by atoms with E-state index in [1.807, 2.05) is 48.5 Å². The molecule has 2 heterocycles. The van der Waals surface area contributed by atoms with E-state index in [2.05, 4.69) is 20.5 Å². The van der Waals surface area contributed by atoms with Crippen molar-refractivity contribution in [1.82, 2.24) is 4.98 Å². The molecule has 3 aromatic rings. The van der Waals surface area contributed by atoms with Crippen LogP contribution in [-0.4, -0.2) is 22.8 Å². The summed E-state index contributed by atoms with van der Waals surface area (Å²) in [6.45, 7) is 0. The van der Waals surface area contributed by atoms with Gasteiger partial charge in [-0.3, -0.25) is 9.59 Å². The van der Waals surface area contributed by atoms with Gasteiger partial charge in [-0.25, -0.2) is 0 Å². The van der Waals surface area contributed by atoms with Crippen molar-refractivity contribution in [3.8, 4) is 0 Å². The molecule has 150 valence electrons. The minimum atomic E-state index is -0.166. The Morgan fingerprint density at radius 3 is 2.90 bits per heavy atom. The summed E-state index contributed by atoms with van der Waals surface area (Å²) in [7, 11) is 0. The van der Waals surface area contributed by atoms with Gasteiger partial charge in [-0.2, -0.15) is 5.11 Å². The third kappa shape index (κ3) is 3.45. The Balaban J connectivity index is 1.35. The molecule has 0 bridgehead atoms. The number of azo groups is 1. The minimum Gasteiger partial charge on any atom is -0.360 e. The minimum absolute atomic E-state index is 0.0856. The summed E-state index contributed by atoms with van der Waals surface area (Å²) in [4.78, 5) is 28.0. The van der Waals surface area contributed by atoms with Gasteiger partial charge in [0, 0.05) is 34.8 Å². The molecule has 2 N–H and O–H groups in total. The predicted molar refractivity (Wildman–Crippen MR) is 116 cm³/mol. The summed E-state index contributed by atoms with van der Waals surface area (Å²) < 4.78 is 0. The van der Waals surface area contributed by atoms with Gasteiger partial charge < -0.3 is 10.3 Å². The lowest BCUT2D eigenvalue weighted by molar-refractivity contribution is -0.115. The first-order chi connectivity index (χ1) is 14.7. The lowest BCUT2D eigenvalue weighted by Gasteiger charge is -2.25. The number of carbonyl (C=O) groups is 2. The Bertz CT molecular complexity index is 1200. The summed E-state index contributed by atoms with van der Waals surface area (Å²) in [6.07, 6.45) is 6.28. The van der Waals surface area contributed by atoms with Crippen molar-refractivity contribution < 1.29 is 9.59 Å². The van der Waals surface area contributed by atoms with E-state index in [1.54, 1.807) is 6.20 Å². The van der Waals surface area contributed by atoms with Gasteiger partial charge in [0.1, 0.15) is 0 Å². The fraction of sp³-hybridized carbons (Fsp3) is 0.250. The molecule has 1 aliphatic carbocycles. The van der Waals surface area contributed by atoms with E-state index in [0.29, 0.717) is 12.0 Å². The number of nitrogens with one attached hydrogen (secondary N) is 2. The second kappa shape index (κ2) is 7.71. The molecule has 0 spiro atoms. The van der Waals surface area contributed by atoms with Gasteiger partial charge in [-0.1, -0.05) is 30.3 Å². The summed E-state index contributed by atoms with van der Waals surface area (Å²) in [5, 5.41) is 12.1. The van der Waals surface area contributed by atoms with E-state index in [-0.39, 0.29) is 17.9 Å². The van der Waals surface area contributed by atoms with Crippen LogP contribution < -0.4 is 5.32 Å². The molecule has 30 heavy (non-hydrogen) atoms. The van der Waals surface area contributed by atoms with Crippen molar-refractivity contribution in [2.75, 3.05) is 5.32 Å². The molecule has 1 unspecified atom stereocenters. The normalized spacial score (nSPS) is 18.5. The number of anilines is 1. The zero-order valence-electron chi connectivity index (χ0n) is 16.5. The van der Waals surface area contributed by atoms with Crippen LogP contribution in [0.5, 0.6) is 0 Å². The lowest BCUT2D eigenvalue weighted by Crippen LogP contribution is -2.23. The van der Waals surface area contributed by atoms with E-state index >= 15 is 0 Å². The van der Waals surface area contributed by atoms with Gasteiger partial charge in [-0.15, -0.1) is 5.11 Å². The van der Waals surface area contributed by atoms with E-state index in [9.17, 15) is 9.59 Å². The second-order valence-electron chi connectivity index (χ2n) is 7.85. The van der Waals surface area contributed by atoms with Gasteiger partial charge in [0.25, 0.3) is 11.8 Å². The zero-order chi connectivity index (χ0) is 20.5. The van der Waals surface area contributed by atoms with Gasteiger partial charge in [-0.05, 0) is 55.0 Å². The van der Waals surface area contributed by atoms with Crippen LogP contribution in [-0.2, 0) is 11.2 Å². The van der Waals surface area contributed by atoms with Crippen LogP contribution in [0.1, 0.15) is 41.6 Å². The summed E-state index contributed by atoms with van der Waals surface area (Å²) >= 11 is 0. The summed E-state index contributed by atoms with van der Waals surface area (Å²) in [6, 6.07) is 15.5. The Kier molecular flexibility index (Phi) is 4.75. The van der Waals surface area contributed by atoms with E-state index in [0.717, 1.165) is 59.0 Å². The highest BCUT2D eigenvalue weighted by atomic mass is 16.2. The Hall–Kier alpha value is -3.54. The van der Waals surface area contributed by atoms with Crippen molar-refractivity contribution in [2.45, 2.75) is 38.1 Å². The highest BCUT2D eigenvalue weighted by Crippen LogP contribution is 2.34. The van der Waals surface area contributed by atoms with E-state index in [1.165, 1.54) is 0 Å². The van der Waals surface area contributed by atoms with Gasteiger partial charge in [0.15, 0.2) is 0 Å². The van der Waals surface area contributed by atoms with Gasteiger partial charge >= 0.3 is 0 Å². The molecule has 1 atom stereocenters. The molecule has 1 aliphatic heterocycles.